The molecule has 6 aromatic carbocycles. The smallest absolute Gasteiger partial charge is 0.0240 e. The van der Waals surface area contributed by atoms with Crippen molar-refractivity contribution in [1.82, 2.24) is 0 Å². The molecule has 0 saturated carbocycles. The monoisotopic (exact) mass is 656 g/mol. The van der Waals surface area contributed by atoms with Crippen LogP contribution in [0.3, 0.4) is 0 Å². The Bertz CT molecular complexity index is 1800. The minimum atomic E-state index is 0. The van der Waals surface area contributed by atoms with Crippen LogP contribution >= 0.6 is 0 Å². The van der Waals surface area contributed by atoms with E-state index in [4.69, 9.17) is 0 Å². The molecule has 0 fully saturated rings. The Morgan fingerprint density at radius 1 is 0.619 bits per heavy atom. The zero-order valence-electron chi connectivity index (χ0n) is 23.0. The van der Waals surface area contributed by atoms with Crippen LogP contribution in [0.2, 0.25) is 0 Å². The molecule has 0 amide bonds. The van der Waals surface area contributed by atoms with Gasteiger partial charge in [0.2, 0.25) is 0 Å². The van der Waals surface area contributed by atoms with E-state index in [9.17, 15) is 0 Å². The molecule has 0 nitrogen and oxygen atoms in total. The normalized spacial score (nSPS) is 11.7. The van der Waals surface area contributed by atoms with Gasteiger partial charge in [-0.15, -0.1) is 47.0 Å². The van der Waals surface area contributed by atoms with E-state index in [0.29, 0.717) is 0 Å². The average molecular weight is 659 g/mol. The van der Waals surface area contributed by atoms with E-state index in [-0.39, 0.29) is 24.8 Å². The molecule has 0 N–H and O–H groups in total. The quantitative estimate of drug-likeness (QED) is 0.197. The minimum Gasteiger partial charge on any atom is -0.147 e. The summed E-state index contributed by atoms with van der Waals surface area (Å²) in [5.74, 6) is 0. The topological polar surface area (TPSA) is 0 Å². The number of allylic oxidation sites excluding steroid dienone is 4. The summed E-state index contributed by atoms with van der Waals surface area (Å²) in [5.41, 5.74) is 8.33. The molecular weight excluding hydrogens is 631 g/mol. The van der Waals surface area contributed by atoms with Gasteiger partial charge in [0.1, 0.15) is 0 Å². The van der Waals surface area contributed by atoms with Gasteiger partial charge in [0.05, 0.1) is 0 Å². The van der Waals surface area contributed by atoms with E-state index >= 15 is 0 Å². The first-order chi connectivity index (χ1) is 19.8. The first-order valence-corrected chi connectivity index (χ1v) is 14.9. The van der Waals surface area contributed by atoms with E-state index in [0.717, 1.165) is 12.8 Å². The van der Waals surface area contributed by atoms with Crippen LogP contribution in [0, 0.1) is 12.1 Å². The second-order valence-electron chi connectivity index (χ2n) is 9.80. The van der Waals surface area contributed by atoms with Crippen molar-refractivity contribution in [3.05, 3.63) is 180 Å². The van der Waals surface area contributed by atoms with Gasteiger partial charge in [-0.1, -0.05) is 53.9 Å². The first kappa shape index (κ1) is 31.6. The summed E-state index contributed by atoms with van der Waals surface area (Å²) in [6, 6.07) is 48.4. The second-order valence-corrected chi connectivity index (χ2v) is 11.0. The number of benzene rings is 6. The van der Waals surface area contributed by atoms with Crippen molar-refractivity contribution in [3.63, 3.8) is 0 Å². The van der Waals surface area contributed by atoms with Gasteiger partial charge in [0.25, 0.3) is 0 Å². The predicted molar refractivity (Wildman–Crippen MR) is 166 cm³/mol. The summed E-state index contributed by atoms with van der Waals surface area (Å²) in [6.07, 6.45) is 11.0. The summed E-state index contributed by atoms with van der Waals surface area (Å²) < 4.78 is 1.42. The van der Waals surface area contributed by atoms with Gasteiger partial charge < -0.3 is 24.8 Å². The summed E-state index contributed by atoms with van der Waals surface area (Å²) in [7, 11) is 0. The SMILES string of the molecule is [C-]1=CC=CC1.[Cl-].[Cl-].[Zr+2]=[C](c1ccccc1)c1ccccc1.[c-]1cccc2c1c1c(c3ccccc32)-c2ccccc2C1. The van der Waals surface area contributed by atoms with Crippen LogP contribution in [0.4, 0.5) is 0 Å². The molecule has 0 unspecified atom stereocenters. The standard InChI is InChI=1S/C21H13.C13H10.C5H5.2ClH.Zr/c1-2-8-15-14(7-1)13-20-18-11-4-3-9-16(18)17-10-5-6-12-19(17)21(15)20;1-3-7-12(8-4-1)11-13-9-5-2-6-10-13;1-2-4-5-3-1;;;/h1-10,12H,13H2;1-10H;1-3H,4H2;2*1H;/q-1;;-1;;;+2/p-2. The van der Waals surface area contributed by atoms with Gasteiger partial charge in [-0.2, -0.15) is 6.08 Å². The zero-order valence-corrected chi connectivity index (χ0v) is 27.0. The molecule has 0 saturated heterocycles. The zero-order chi connectivity index (χ0) is 27.1. The second kappa shape index (κ2) is 15.2. The molecule has 3 heteroatoms. The summed E-state index contributed by atoms with van der Waals surface area (Å²) >= 11 is 1.46. The van der Waals surface area contributed by atoms with Gasteiger partial charge in [0.15, 0.2) is 0 Å². The Morgan fingerprint density at radius 2 is 1.21 bits per heavy atom. The minimum absolute atomic E-state index is 0. The van der Waals surface area contributed by atoms with Crippen LogP contribution in [0.5, 0.6) is 0 Å². The van der Waals surface area contributed by atoms with Gasteiger partial charge >= 0.3 is 99.2 Å². The van der Waals surface area contributed by atoms with Crippen LogP contribution in [0.15, 0.2) is 146 Å². The third-order valence-corrected chi connectivity index (χ3v) is 8.73. The molecule has 0 aliphatic heterocycles. The van der Waals surface area contributed by atoms with Gasteiger partial charge in [-0.05, 0) is 28.5 Å². The maximum Gasteiger partial charge on any atom is -0.0240 e. The van der Waals surface area contributed by atoms with Crippen molar-refractivity contribution in [1.29, 1.82) is 0 Å². The molecule has 2 aliphatic rings. The summed E-state index contributed by atoms with van der Waals surface area (Å²) in [6.45, 7) is 0. The Balaban J connectivity index is 0.000000168. The van der Waals surface area contributed by atoms with Gasteiger partial charge in [-0.25, -0.2) is 12.2 Å². The first-order valence-electron chi connectivity index (χ1n) is 13.6. The number of fused-ring (bicyclic) bond motifs is 8. The van der Waals surface area contributed by atoms with Gasteiger partial charge in [0, 0.05) is 0 Å². The van der Waals surface area contributed by atoms with Crippen molar-refractivity contribution in [3.8, 4) is 11.1 Å². The van der Waals surface area contributed by atoms with E-state index in [2.05, 4.69) is 140 Å². The number of hydrogen-bond acceptors (Lipinski definition) is 0. The van der Waals surface area contributed by atoms with E-state index in [1.54, 1.807) is 0 Å². The molecule has 0 heterocycles. The van der Waals surface area contributed by atoms with Crippen molar-refractivity contribution in [2.24, 2.45) is 0 Å². The van der Waals surface area contributed by atoms with Crippen molar-refractivity contribution in [2.75, 3.05) is 0 Å². The van der Waals surface area contributed by atoms with Crippen molar-refractivity contribution in [2.45, 2.75) is 12.8 Å². The molecule has 0 bridgehead atoms. The largest absolute Gasteiger partial charge is 0.147 e. The molecule has 204 valence electrons. The number of halogens is 2. The van der Waals surface area contributed by atoms with Gasteiger partial charge in [-0.3, -0.25) is 6.08 Å². The van der Waals surface area contributed by atoms with Crippen LogP contribution in [0.1, 0.15) is 28.7 Å². The maximum atomic E-state index is 3.48. The number of rotatable bonds is 2. The molecule has 6 aromatic rings. The third-order valence-electron chi connectivity index (χ3n) is 7.31. The van der Waals surface area contributed by atoms with E-state index < -0.39 is 0 Å². The Kier molecular flexibility index (Phi) is 11.4. The van der Waals surface area contributed by atoms with E-state index in [1.807, 2.05) is 18.2 Å². The Labute approximate surface area is 276 Å². The molecule has 8 rings (SSSR count). The van der Waals surface area contributed by atoms with E-state index in [1.165, 1.54) is 82.4 Å². The third kappa shape index (κ3) is 6.82. The Hall–Kier alpha value is -3.35. The average Bonchev–Trinajstić information content (AvgIpc) is 3.75. The van der Waals surface area contributed by atoms with Crippen LogP contribution < -0.4 is 24.8 Å². The van der Waals surface area contributed by atoms with Crippen molar-refractivity contribution >= 4 is 24.8 Å². The summed E-state index contributed by atoms with van der Waals surface area (Å²) in [4.78, 5) is 0. The van der Waals surface area contributed by atoms with Crippen molar-refractivity contribution < 1.29 is 49.0 Å². The van der Waals surface area contributed by atoms with Crippen LogP contribution in [-0.2, 0) is 30.7 Å². The fourth-order valence-electron chi connectivity index (χ4n) is 5.44. The predicted octanol–water partition coefficient (Wildman–Crippen LogP) is 3.48. The number of hydrogen-bond donors (Lipinski definition) is 0. The maximum absolute atomic E-state index is 3.48. The fourth-order valence-corrected chi connectivity index (χ4v) is 6.26. The molecule has 42 heavy (non-hydrogen) atoms. The molecular formula is C39H28Cl2Zr-2. The molecule has 2 aliphatic carbocycles. The van der Waals surface area contributed by atoms with Crippen LogP contribution in [-0.4, -0.2) is 3.21 Å². The van der Waals surface area contributed by atoms with Crippen LogP contribution in [0.25, 0.3) is 32.7 Å². The Morgan fingerprint density at radius 3 is 1.83 bits per heavy atom. The molecule has 0 atom stereocenters. The molecule has 0 radical (unpaired) electrons. The molecule has 0 spiro atoms. The fraction of sp³-hybridized carbons (Fsp3) is 0.0513. The summed E-state index contributed by atoms with van der Waals surface area (Å²) in [5, 5.41) is 5.30. The molecule has 0 aromatic heterocycles.